The molecule has 1 aromatic carbocycles. The summed E-state index contributed by atoms with van der Waals surface area (Å²) in [5, 5.41) is 3.41. The molecular weight excluding hydrogens is 234 g/mol. The van der Waals surface area contributed by atoms with Crippen LogP contribution in [0.2, 0.25) is 0 Å². The second-order valence-corrected chi connectivity index (χ2v) is 6.81. The minimum absolute atomic E-state index is 0.182. The molecule has 0 spiro atoms. The molecule has 19 heavy (non-hydrogen) atoms. The molecule has 0 aromatic heterocycles. The SMILES string of the molecule is CCCNCC(C)(C)Oc1ccc(C(C)(C)C)cc1. The average molecular weight is 263 g/mol. The number of rotatable bonds is 6. The van der Waals surface area contributed by atoms with Crippen LogP contribution in [0.4, 0.5) is 0 Å². The fourth-order valence-electron chi connectivity index (χ4n) is 1.94. The van der Waals surface area contributed by atoms with E-state index in [1.54, 1.807) is 0 Å². The summed E-state index contributed by atoms with van der Waals surface area (Å²) in [7, 11) is 0. The van der Waals surface area contributed by atoms with Gasteiger partial charge in [-0.1, -0.05) is 39.8 Å². The highest BCUT2D eigenvalue weighted by molar-refractivity contribution is 5.31. The van der Waals surface area contributed by atoms with Crippen molar-refractivity contribution in [2.75, 3.05) is 13.1 Å². The van der Waals surface area contributed by atoms with E-state index in [1.165, 1.54) is 5.56 Å². The third-order valence-electron chi connectivity index (χ3n) is 3.09. The second kappa shape index (κ2) is 6.42. The maximum Gasteiger partial charge on any atom is 0.120 e. The number of ether oxygens (including phenoxy) is 1. The predicted molar refractivity (Wildman–Crippen MR) is 83.0 cm³/mol. The Bertz CT molecular complexity index is 373. The quantitative estimate of drug-likeness (QED) is 0.779. The minimum Gasteiger partial charge on any atom is -0.487 e. The van der Waals surface area contributed by atoms with Crippen LogP contribution in [0, 0.1) is 0 Å². The van der Waals surface area contributed by atoms with Crippen LogP contribution >= 0.6 is 0 Å². The molecule has 0 heterocycles. The first kappa shape index (κ1) is 16.0. The Morgan fingerprint density at radius 2 is 1.58 bits per heavy atom. The van der Waals surface area contributed by atoms with Crippen molar-refractivity contribution < 1.29 is 4.74 Å². The minimum atomic E-state index is -0.182. The lowest BCUT2D eigenvalue weighted by Gasteiger charge is -2.27. The van der Waals surface area contributed by atoms with Gasteiger partial charge in [-0.15, -0.1) is 0 Å². The van der Waals surface area contributed by atoms with Crippen molar-refractivity contribution in [2.24, 2.45) is 0 Å². The summed E-state index contributed by atoms with van der Waals surface area (Å²) >= 11 is 0. The molecule has 0 aliphatic carbocycles. The molecule has 0 aliphatic rings. The van der Waals surface area contributed by atoms with Gasteiger partial charge in [0.1, 0.15) is 11.4 Å². The highest BCUT2D eigenvalue weighted by Gasteiger charge is 2.19. The van der Waals surface area contributed by atoms with Crippen molar-refractivity contribution in [3.8, 4) is 5.75 Å². The molecule has 0 unspecified atom stereocenters. The molecule has 1 aromatic rings. The summed E-state index contributed by atoms with van der Waals surface area (Å²) in [4.78, 5) is 0. The van der Waals surface area contributed by atoms with Gasteiger partial charge in [-0.3, -0.25) is 0 Å². The van der Waals surface area contributed by atoms with Crippen LogP contribution in [0.5, 0.6) is 5.75 Å². The number of benzene rings is 1. The van der Waals surface area contributed by atoms with Gasteiger partial charge in [0.25, 0.3) is 0 Å². The first-order valence-electron chi connectivity index (χ1n) is 7.25. The third-order valence-corrected chi connectivity index (χ3v) is 3.09. The maximum absolute atomic E-state index is 6.05. The van der Waals surface area contributed by atoms with Crippen LogP contribution in [-0.4, -0.2) is 18.7 Å². The van der Waals surface area contributed by atoms with Gasteiger partial charge in [0.05, 0.1) is 0 Å². The molecule has 0 aliphatic heterocycles. The first-order chi connectivity index (χ1) is 8.74. The van der Waals surface area contributed by atoms with Crippen molar-refractivity contribution in [1.29, 1.82) is 0 Å². The second-order valence-electron chi connectivity index (χ2n) is 6.81. The Morgan fingerprint density at radius 1 is 1.00 bits per heavy atom. The molecule has 2 nitrogen and oxygen atoms in total. The van der Waals surface area contributed by atoms with Crippen LogP contribution in [0.25, 0.3) is 0 Å². The summed E-state index contributed by atoms with van der Waals surface area (Å²) < 4.78 is 6.05. The van der Waals surface area contributed by atoms with Gasteiger partial charge in [-0.2, -0.15) is 0 Å². The highest BCUT2D eigenvalue weighted by atomic mass is 16.5. The summed E-state index contributed by atoms with van der Waals surface area (Å²) in [6.45, 7) is 15.0. The molecule has 0 atom stereocenters. The smallest absolute Gasteiger partial charge is 0.120 e. The molecule has 0 bridgehead atoms. The first-order valence-corrected chi connectivity index (χ1v) is 7.25. The van der Waals surface area contributed by atoms with Gasteiger partial charge < -0.3 is 10.1 Å². The number of hydrogen-bond donors (Lipinski definition) is 1. The highest BCUT2D eigenvalue weighted by Crippen LogP contribution is 2.25. The van der Waals surface area contributed by atoms with E-state index in [4.69, 9.17) is 4.74 Å². The van der Waals surface area contributed by atoms with Gasteiger partial charge in [-0.05, 0) is 49.9 Å². The zero-order chi connectivity index (χ0) is 14.5. The summed E-state index contributed by atoms with van der Waals surface area (Å²) in [6.07, 6.45) is 1.15. The normalized spacial score (nSPS) is 12.5. The van der Waals surface area contributed by atoms with E-state index in [0.29, 0.717) is 0 Å². The molecule has 0 radical (unpaired) electrons. The van der Waals surface area contributed by atoms with Crippen LogP contribution in [-0.2, 0) is 5.41 Å². The van der Waals surface area contributed by atoms with Crippen molar-refractivity contribution in [3.05, 3.63) is 29.8 Å². The van der Waals surface area contributed by atoms with Crippen molar-refractivity contribution in [2.45, 2.75) is 59.0 Å². The fourth-order valence-corrected chi connectivity index (χ4v) is 1.94. The van der Waals surface area contributed by atoms with Crippen LogP contribution in [0.1, 0.15) is 53.5 Å². The number of nitrogens with one attached hydrogen (secondary N) is 1. The largest absolute Gasteiger partial charge is 0.487 e. The molecular formula is C17H29NO. The maximum atomic E-state index is 6.05. The van der Waals surface area contributed by atoms with Crippen molar-refractivity contribution in [1.82, 2.24) is 5.32 Å². The van der Waals surface area contributed by atoms with E-state index < -0.39 is 0 Å². The van der Waals surface area contributed by atoms with E-state index in [0.717, 1.165) is 25.3 Å². The van der Waals surface area contributed by atoms with Gasteiger partial charge in [0.15, 0.2) is 0 Å². The topological polar surface area (TPSA) is 21.3 Å². The molecule has 2 heteroatoms. The van der Waals surface area contributed by atoms with Gasteiger partial charge in [-0.25, -0.2) is 0 Å². The predicted octanol–water partition coefficient (Wildman–Crippen LogP) is 4.14. The summed E-state index contributed by atoms with van der Waals surface area (Å²) in [6, 6.07) is 8.46. The Kier molecular flexibility index (Phi) is 5.42. The lowest BCUT2D eigenvalue weighted by molar-refractivity contribution is 0.108. The standard InChI is InChI=1S/C17H29NO/c1-7-12-18-13-17(5,6)19-15-10-8-14(9-11-15)16(2,3)4/h8-11,18H,7,12-13H2,1-6H3. The lowest BCUT2D eigenvalue weighted by Crippen LogP contribution is -2.40. The Labute approximate surface area is 118 Å². The van der Waals surface area contributed by atoms with Gasteiger partial charge in [0.2, 0.25) is 0 Å². The summed E-state index contributed by atoms with van der Waals surface area (Å²) in [5.74, 6) is 0.941. The van der Waals surface area contributed by atoms with Crippen molar-refractivity contribution >= 4 is 0 Å². The monoisotopic (exact) mass is 263 g/mol. The third kappa shape index (κ3) is 5.65. The van der Waals surface area contributed by atoms with Gasteiger partial charge in [0, 0.05) is 6.54 Å². The molecule has 0 amide bonds. The van der Waals surface area contributed by atoms with Crippen LogP contribution in [0.15, 0.2) is 24.3 Å². The molecule has 0 fully saturated rings. The Hall–Kier alpha value is -1.02. The molecule has 0 saturated carbocycles. The molecule has 1 N–H and O–H groups in total. The van der Waals surface area contributed by atoms with E-state index in [2.05, 4.69) is 71.1 Å². The van der Waals surface area contributed by atoms with E-state index in [9.17, 15) is 0 Å². The molecule has 1 rings (SSSR count). The van der Waals surface area contributed by atoms with E-state index in [1.807, 2.05) is 0 Å². The zero-order valence-electron chi connectivity index (χ0n) is 13.3. The lowest BCUT2D eigenvalue weighted by atomic mass is 9.87. The molecule has 0 saturated heterocycles. The Balaban J connectivity index is 2.62. The number of hydrogen-bond acceptors (Lipinski definition) is 2. The summed E-state index contributed by atoms with van der Waals surface area (Å²) in [5.41, 5.74) is 1.34. The fraction of sp³-hybridized carbons (Fsp3) is 0.647. The van der Waals surface area contributed by atoms with Crippen molar-refractivity contribution in [3.63, 3.8) is 0 Å². The van der Waals surface area contributed by atoms with E-state index >= 15 is 0 Å². The van der Waals surface area contributed by atoms with Crippen LogP contribution in [0.3, 0.4) is 0 Å². The molecule has 108 valence electrons. The van der Waals surface area contributed by atoms with Gasteiger partial charge >= 0.3 is 0 Å². The average Bonchev–Trinajstić information content (AvgIpc) is 2.28. The van der Waals surface area contributed by atoms with Crippen LogP contribution < -0.4 is 10.1 Å². The Morgan fingerprint density at radius 3 is 2.05 bits per heavy atom. The van der Waals surface area contributed by atoms with E-state index in [-0.39, 0.29) is 11.0 Å². The zero-order valence-corrected chi connectivity index (χ0v) is 13.3.